The Balaban J connectivity index is 1.84. The largest absolute Gasteiger partial charge is 0.316 e. The zero-order valence-corrected chi connectivity index (χ0v) is 16.9. The molecule has 6 heteroatoms. The molecule has 1 aliphatic rings. The smallest absolute Gasteiger partial charge is 0.267 e. The van der Waals surface area contributed by atoms with Crippen molar-refractivity contribution in [3.05, 3.63) is 65.5 Å². The summed E-state index contributed by atoms with van der Waals surface area (Å²) in [6.45, 7) is 4.67. The second-order valence-electron chi connectivity index (χ2n) is 6.81. The van der Waals surface area contributed by atoms with Gasteiger partial charge in [-0.15, -0.1) is 0 Å². The van der Waals surface area contributed by atoms with Crippen LogP contribution in [0, 0.1) is 11.2 Å². The molecule has 138 valence electrons. The SMILES string of the molecule is C=Cc1ccc(CN(c2cccc(Cl)c2)S(=C)C2CCB(C#N)CC2)nc1. The van der Waals surface area contributed by atoms with Gasteiger partial charge < -0.3 is 4.31 Å². The molecule has 2 heterocycles. The molecule has 1 atom stereocenters. The average molecular weight is 396 g/mol. The first-order valence-electron chi connectivity index (χ1n) is 9.13. The molecule has 1 aliphatic heterocycles. The molecule has 0 saturated carbocycles. The van der Waals surface area contributed by atoms with Crippen molar-refractivity contribution in [2.45, 2.75) is 37.3 Å². The Bertz CT molecular complexity index is 854. The van der Waals surface area contributed by atoms with E-state index in [-0.39, 0.29) is 17.4 Å². The number of hydrogen-bond acceptors (Lipinski definition) is 3. The Morgan fingerprint density at radius 1 is 1.33 bits per heavy atom. The Kier molecular flexibility index (Phi) is 6.76. The summed E-state index contributed by atoms with van der Waals surface area (Å²) >= 11 is 6.25. The summed E-state index contributed by atoms with van der Waals surface area (Å²) in [7, 11) is -0.223. The van der Waals surface area contributed by atoms with E-state index < -0.39 is 0 Å². The molecule has 1 unspecified atom stereocenters. The highest BCUT2D eigenvalue weighted by Crippen LogP contribution is 2.39. The quantitative estimate of drug-likeness (QED) is 0.464. The first kappa shape index (κ1) is 19.7. The molecule has 1 fully saturated rings. The van der Waals surface area contributed by atoms with Gasteiger partial charge in [0.1, 0.15) is 0 Å². The van der Waals surface area contributed by atoms with Crippen LogP contribution in [-0.2, 0) is 6.54 Å². The summed E-state index contributed by atoms with van der Waals surface area (Å²) in [6.07, 6.45) is 7.67. The van der Waals surface area contributed by atoms with E-state index in [2.05, 4.69) is 33.8 Å². The molecular weight excluding hydrogens is 373 g/mol. The lowest BCUT2D eigenvalue weighted by Crippen LogP contribution is -2.28. The maximum absolute atomic E-state index is 9.17. The van der Waals surface area contributed by atoms with Crippen molar-refractivity contribution in [3.8, 4) is 5.97 Å². The van der Waals surface area contributed by atoms with Gasteiger partial charge in [0.05, 0.1) is 12.2 Å². The normalized spacial score (nSPS) is 15.8. The third-order valence-corrected chi connectivity index (χ3v) is 7.39. The molecule has 0 spiro atoms. The topological polar surface area (TPSA) is 39.9 Å². The van der Waals surface area contributed by atoms with Gasteiger partial charge in [0, 0.05) is 28.1 Å². The van der Waals surface area contributed by atoms with Crippen LogP contribution in [0.15, 0.2) is 49.2 Å². The maximum Gasteiger partial charge on any atom is 0.267 e. The van der Waals surface area contributed by atoms with E-state index in [0.717, 1.165) is 47.4 Å². The summed E-state index contributed by atoms with van der Waals surface area (Å²) < 4.78 is 2.32. The molecule has 0 N–H and O–H groups in total. The van der Waals surface area contributed by atoms with Gasteiger partial charge in [0.25, 0.3) is 6.71 Å². The monoisotopic (exact) mass is 395 g/mol. The second kappa shape index (κ2) is 9.26. The van der Waals surface area contributed by atoms with Crippen LogP contribution in [0.3, 0.4) is 0 Å². The zero-order valence-electron chi connectivity index (χ0n) is 15.4. The van der Waals surface area contributed by atoms with Crippen LogP contribution >= 0.6 is 22.3 Å². The molecule has 3 rings (SSSR count). The van der Waals surface area contributed by atoms with Crippen LogP contribution < -0.4 is 4.31 Å². The molecule has 3 nitrogen and oxygen atoms in total. The minimum Gasteiger partial charge on any atom is -0.316 e. The number of rotatable bonds is 6. The highest BCUT2D eigenvalue weighted by molar-refractivity contribution is 8.15. The van der Waals surface area contributed by atoms with Crippen molar-refractivity contribution in [2.24, 2.45) is 0 Å². The van der Waals surface area contributed by atoms with E-state index in [0.29, 0.717) is 11.8 Å². The standard InChI is InChI=1S/C21H23BClN3S/c1-3-17-7-8-19(25-14-17)15-26(20-6-4-5-18(23)13-20)27(2)21-9-11-22(16-24)12-10-21/h3-8,13-14,21H,1-2,9-12,15H2. The van der Waals surface area contributed by atoms with E-state index in [4.69, 9.17) is 16.9 Å². The number of pyridine rings is 1. The molecule has 1 saturated heterocycles. The maximum atomic E-state index is 9.17. The lowest BCUT2D eigenvalue weighted by molar-refractivity contribution is 0.743. The van der Waals surface area contributed by atoms with E-state index in [1.165, 1.54) is 0 Å². The predicted octanol–water partition coefficient (Wildman–Crippen LogP) is 5.72. The van der Waals surface area contributed by atoms with Gasteiger partial charge in [-0.2, -0.15) is 0 Å². The number of nitriles is 1. The Labute approximate surface area is 169 Å². The molecule has 0 amide bonds. The van der Waals surface area contributed by atoms with Crippen molar-refractivity contribution in [1.29, 1.82) is 5.26 Å². The summed E-state index contributed by atoms with van der Waals surface area (Å²) in [5, 5.41) is 10.4. The van der Waals surface area contributed by atoms with Crippen molar-refractivity contribution >= 4 is 46.6 Å². The minimum atomic E-state index is -0.223. The molecule has 2 aromatic rings. The fourth-order valence-electron chi connectivity index (χ4n) is 3.38. The number of halogens is 1. The van der Waals surface area contributed by atoms with Crippen LogP contribution in [0.2, 0.25) is 17.7 Å². The third-order valence-electron chi connectivity index (χ3n) is 5.01. The number of hydrogen-bond donors (Lipinski definition) is 0. The van der Waals surface area contributed by atoms with Crippen molar-refractivity contribution in [1.82, 2.24) is 4.98 Å². The Hall–Kier alpha value is -2.03. The van der Waals surface area contributed by atoms with Crippen LogP contribution in [-0.4, -0.2) is 22.8 Å². The number of benzene rings is 1. The lowest BCUT2D eigenvalue weighted by Gasteiger charge is -2.35. The predicted molar refractivity (Wildman–Crippen MR) is 121 cm³/mol. The van der Waals surface area contributed by atoms with Crippen LogP contribution in [0.4, 0.5) is 5.69 Å². The van der Waals surface area contributed by atoms with E-state index in [9.17, 15) is 0 Å². The van der Waals surface area contributed by atoms with E-state index >= 15 is 0 Å². The third kappa shape index (κ3) is 5.03. The summed E-state index contributed by atoms with van der Waals surface area (Å²) in [5.41, 5.74) is 3.07. The zero-order chi connectivity index (χ0) is 19.2. The van der Waals surface area contributed by atoms with Gasteiger partial charge in [0.15, 0.2) is 0 Å². The fourth-order valence-corrected chi connectivity index (χ4v) is 5.43. The highest BCUT2D eigenvalue weighted by Gasteiger charge is 2.28. The molecule has 0 bridgehead atoms. The summed E-state index contributed by atoms with van der Waals surface area (Å²) in [5.74, 6) is 6.95. The number of anilines is 1. The van der Waals surface area contributed by atoms with Gasteiger partial charge in [-0.05, 0) is 42.7 Å². The van der Waals surface area contributed by atoms with Crippen LogP contribution in [0.1, 0.15) is 24.1 Å². The van der Waals surface area contributed by atoms with Gasteiger partial charge in [-0.3, -0.25) is 4.98 Å². The van der Waals surface area contributed by atoms with Crippen molar-refractivity contribution in [3.63, 3.8) is 0 Å². The first-order valence-corrected chi connectivity index (χ1v) is 10.9. The average Bonchev–Trinajstić information content (AvgIpc) is 2.72. The highest BCUT2D eigenvalue weighted by atomic mass is 35.5. The summed E-state index contributed by atoms with van der Waals surface area (Å²) in [6, 6.07) is 12.0. The fraction of sp³-hybridized carbons (Fsp3) is 0.286. The Morgan fingerprint density at radius 2 is 2.11 bits per heavy atom. The van der Waals surface area contributed by atoms with Gasteiger partial charge in [-0.1, -0.05) is 65.6 Å². The Morgan fingerprint density at radius 3 is 2.70 bits per heavy atom. The van der Waals surface area contributed by atoms with Crippen molar-refractivity contribution in [2.75, 3.05) is 4.31 Å². The molecule has 27 heavy (non-hydrogen) atoms. The van der Waals surface area contributed by atoms with Gasteiger partial charge in [-0.25, -0.2) is 5.26 Å². The molecule has 0 radical (unpaired) electrons. The lowest BCUT2D eigenvalue weighted by atomic mass is 9.43. The van der Waals surface area contributed by atoms with E-state index in [1.54, 1.807) is 6.08 Å². The minimum absolute atomic E-state index is 0.200. The number of nitrogens with zero attached hydrogens (tertiary/aromatic N) is 3. The van der Waals surface area contributed by atoms with Crippen LogP contribution in [0.5, 0.6) is 0 Å². The van der Waals surface area contributed by atoms with E-state index in [1.807, 2.05) is 36.5 Å². The number of aromatic nitrogens is 1. The first-order chi connectivity index (χ1) is 13.1. The van der Waals surface area contributed by atoms with Gasteiger partial charge >= 0.3 is 0 Å². The van der Waals surface area contributed by atoms with Gasteiger partial charge in [0.2, 0.25) is 0 Å². The molecule has 1 aromatic heterocycles. The van der Waals surface area contributed by atoms with Crippen LogP contribution in [0.25, 0.3) is 6.08 Å². The van der Waals surface area contributed by atoms with Crippen molar-refractivity contribution < 1.29 is 0 Å². The molecular formula is C21H23BClN3S. The molecule has 0 aliphatic carbocycles. The summed E-state index contributed by atoms with van der Waals surface area (Å²) in [4.78, 5) is 4.58. The second-order valence-corrected chi connectivity index (χ2v) is 9.15. The molecule has 1 aromatic carbocycles.